The number of anilines is 1. The number of hydrogen-bond donors (Lipinski definition) is 2. The van der Waals surface area contributed by atoms with Crippen molar-refractivity contribution in [3.63, 3.8) is 0 Å². The third kappa shape index (κ3) is 3.40. The predicted octanol–water partition coefficient (Wildman–Crippen LogP) is 3.57. The molecule has 0 fully saturated rings. The van der Waals surface area contributed by atoms with E-state index in [0.717, 1.165) is 33.2 Å². The highest BCUT2D eigenvalue weighted by molar-refractivity contribution is 7.94. The van der Waals surface area contributed by atoms with E-state index in [1.165, 1.54) is 14.2 Å². The molecule has 0 amide bonds. The molecule has 0 saturated carbocycles. The molecule has 3 aromatic rings. The number of nitrogens with zero attached hydrogens (tertiary/aromatic N) is 1. The molecule has 9 heteroatoms. The summed E-state index contributed by atoms with van der Waals surface area (Å²) in [4.78, 5) is 0.786. The summed E-state index contributed by atoms with van der Waals surface area (Å²) >= 11 is 1.16. The molecule has 2 N–H and O–H groups in total. The maximum absolute atomic E-state index is 12.7. The lowest BCUT2D eigenvalue weighted by molar-refractivity contribution is 0.395. The lowest BCUT2D eigenvalue weighted by atomic mass is 10.2. The molecule has 0 bridgehead atoms. The number of methoxy groups -OCH3 is 2. The number of ether oxygens (including phenoxy) is 2. The minimum atomic E-state index is -3.75. The Morgan fingerprint density at radius 1 is 1.12 bits per heavy atom. The van der Waals surface area contributed by atoms with Gasteiger partial charge in [-0.2, -0.15) is 5.10 Å². The number of hydrogen-bond acceptors (Lipinski definition) is 6. The predicted molar refractivity (Wildman–Crippen MR) is 102 cm³/mol. The Balaban J connectivity index is 1.91. The van der Waals surface area contributed by atoms with Gasteiger partial charge in [0.05, 0.1) is 24.8 Å². The molecular formula is C17H19N3O4S2. The van der Waals surface area contributed by atoms with Crippen LogP contribution >= 0.6 is 11.3 Å². The fraction of sp³-hybridized carbons (Fsp3) is 0.235. The fourth-order valence-electron chi connectivity index (χ4n) is 2.39. The Labute approximate surface area is 156 Å². The van der Waals surface area contributed by atoms with Gasteiger partial charge in [-0.3, -0.25) is 9.82 Å². The van der Waals surface area contributed by atoms with Crippen molar-refractivity contribution in [2.24, 2.45) is 0 Å². The van der Waals surface area contributed by atoms with E-state index in [1.54, 1.807) is 30.3 Å². The van der Waals surface area contributed by atoms with Gasteiger partial charge in [-0.15, -0.1) is 11.3 Å². The molecule has 2 heterocycles. The number of sulfonamides is 1. The van der Waals surface area contributed by atoms with Gasteiger partial charge < -0.3 is 9.47 Å². The van der Waals surface area contributed by atoms with Gasteiger partial charge in [0, 0.05) is 11.8 Å². The van der Waals surface area contributed by atoms with Crippen LogP contribution in [0.2, 0.25) is 0 Å². The van der Waals surface area contributed by atoms with Crippen molar-refractivity contribution in [3.05, 3.63) is 41.6 Å². The normalized spacial score (nSPS) is 11.4. The van der Waals surface area contributed by atoms with Crippen LogP contribution in [-0.2, 0) is 10.0 Å². The van der Waals surface area contributed by atoms with Crippen LogP contribution in [0.15, 0.2) is 34.5 Å². The second kappa shape index (κ2) is 7.00. The summed E-state index contributed by atoms with van der Waals surface area (Å²) < 4.78 is 38.6. The highest BCUT2D eigenvalue weighted by Gasteiger charge is 2.21. The number of thiophene rings is 1. The van der Waals surface area contributed by atoms with E-state index in [9.17, 15) is 8.42 Å². The van der Waals surface area contributed by atoms with Crippen molar-refractivity contribution in [1.82, 2.24) is 10.2 Å². The highest BCUT2D eigenvalue weighted by Crippen LogP contribution is 2.35. The van der Waals surface area contributed by atoms with Crippen LogP contribution in [0.4, 0.5) is 5.69 Å². The molecular weight excluding hydrogens is 374 g/mol. The molecule has 0 atom stereocenters. The van der Waals surface area contributed by atoms with Crippen molar-refractivity contribution in [3.8, 4) is 22.1 Å². The monoisotopic (exact) mass is 393 g/mol. The SMILES string of the molecule is COc1ccc(NS(=O)(=O)c2ccc(-c3n[nH]c(C)c3C)s2)c(OC)c1. The number of aromatic amines is 1. The summed E-state index contributed by atoms with van der Waals surface area (Å²) in [6, 6.07) is 8.21. The zero-order chi connectivity index (χ0) is 18.9. The number of rotatable bonds is 6. The molecule has 26 heavy (non-hydrogen) atoms. The molecule has 0 aliphatic heterocycles. The van der Waals surface area contributed by atoms with Gasteiger partial charge in [-0.05, 0) is 43.7 Å². The van der Waals surface area contributed by atoms with Crippen molar-refractivity contribution in [1.29, 1.82) is 0 Å². The van der Waals surface area contributed by atoms with E-state index in [4.69, 9.17) is 9.47 Å². The smallest absolute Gasteiger partial charge is 0.271 e. The lowest BCUT2D eigenvalue weighted by Gasteiger charge is -2.12. The molecule has 138 valence electrons. The second-order valence-corrected chi connectivity index (χ2v) is 8.61. The Morgan fingerprint density at radius 2 is 1.88 bits per heavy atom. The quantitative estimate of drug-likeness (QED) is 0.668. The fourth-order valence-corrected chi connectivity index (χ4v) is 4.82. The van der Waals surface area contributed by atoms with Crippen molar-refractivity contribution in [2.75, 3.05) is 18.9 Å². The third-order valence-electron chi connectivity index (χ3n) is 3.99. The average molecular weight is 393 g/mol. The van der Waals surface area contributed by atoms with Crippen LogP contribution < -0.4 is 14.2 Å². The van der Waals surface area contributed by atoms with Gasteiger partial charge in [0.25, 0.3) is 10.0 Å². The Hall–Kier alpha value is -2.52. The van der Waals surface area contributed by atoms with Gasteiger partial charge in [0.2, 0.25) is 0 Å². The molecule has 0 saturated heterocycles. The first-order chi connectivity index (χ1) is 12.4. The van der Waals surface area contributed by atoms with Crippen LogP contribution in [0.3, 0.4) is 0 Å². The van der Waals surface area contributed by atoms with E-state index in [0.29, 0.717) is 17.2 Å². The van der Waals surface area contributed by atoms with E-state index < -0.39 is 10.0 Å². The molecule has 2 aromatic heterocycles. The highest BCUT2D eigenvalue weighted by atomic mass is 32.2. The molecule has 0 aliphatic rings. The van der Waals surface area contributed by atoms with E-state index in [-0.39, 0.29) is 4.21 Å². The van der Waals surface area contributed by atoms with Gasteiger partial charge in [-0.1, -0.05) is 0 Å². The Bertz CT molecular complexity index is 1040. The van der Waals surface area contributed by atoms with Crippen LogP contribution in [0.1, 0.15) is 11.3 Å². The second-order valence-electron chi connectivity index (χ2n) is 5.61. The van der Waals surface area contributed by atoms with E-state index in [1.807, 2.05) is 13.8 Å². The molecule has 3 rings (SSSR count). The average Bonchev–Trinajstić information content (AvgIpc) is 3.23. The first-order valence-corrected chi connectivity index (χ1v) is 10.0. The zero-order valence-electron chi connectivity index (χ0n) is 14.8. The van der Waals surface area contributed by atoms with Gasteiger partial charge in [0.1, 0.15) is 21.4 Å². The summed E-state index contributed by atoms with van der Waals surface area (Å²) in [6.07, 6.45) is 0. The van der Waals surface area contributed by atoms with Crippen LogP contribution in [0.5, 0.6) is 11.5 Å². The van der Waals surface area contributed by atoms with Crippen LogP contribution in [0, 0.1) is 13.8 Å². The van der Waals surface area contributed by atoms with Crippen LogP contribution in [-0.4, -0.2) is 32.8 Å². The number of aromatic nitrogens is 2. The van der Waals surface area contributed by atoms with Crippen LogP contribution in [0.25, 0.3) is 10.6 Å². The lowest BCUT2D eigenvalue weighted by Crippen LogP contribution is -2.12. The summed E-state index contributed by atoms with van der Waals surface area (Å²) in [5, 5.41) is 7.16. The Morgan fingerprint density at radius 3 is 2.50 bits per heavy atom. The summed E-state index contributed by atoms with van der Waals surface area (Å²) in [5.41, 5.74) is 3.06. The maximum atomic E-state index is 12.7. The summed E-state index contributed by atoms with van der Waals surface area (Å²) in [6.45, 7) is 3.87. The van der Waals surface area contributed by atoms with Crippen molar-refractivity contribution < 1.29 is 17.9 Å². The van der Waals surface area contributed by atoms with Gasteiger partial charge in [0.15, 0.2) is 0 Å². The molecule has 7 nitrogen and oxygen atoms in total. The summed E-state index contributed by atoms with van der Waals surface area (Å²) in [5.74, 6) is 0.955. The molecule has 0 aliphatic carbocycles. The number of aryl methyl sites for hydroxylation is 1. The first kappa shape index (κ1) is 18.3. The molecule has 0 spiro atoms. The topological polar surface area (TPSA) is 93.3 Å². The standard InChI is InChI=1S/C17H19N3O4S2/c1-10-11(2)18-19-17(10)15-7-8-16(25-15)26(21,22)20-13-6-5-12(23-3)9-14(13)24-4/h5-9,20H,1-4H3,(H,18,19). The van der Waals surface area contributed by atoms with E-state index >= 15 is 0 Å². The first-order valence-electron chi connectivity index (χ1n) is 7.72. The minimum absolute atomic E-state index is 0.199. The zero-order valence-corrected chi connectivity index (χ0v) is 16.4. The maximum Gasteiger partial charge on any atom is 0.271 e. The number of benzene rings is 1. The largest absolute Gasteiger partial charge is 0.497 e. The van der Waals surface area contributed by atoms with E-state index in [2.05, 4.69) is 14.9 Å². The number of nitrogens with one attached hydrogen (secondary N) is 2. The van der Waals surface area contributed by atoms with Crippen molar-refractivity contribution in [2.45, 2.75) is 18.1 Å². The third-order valence-corrected chi connectivity index (χ3v) is 6.94. The molecule has 0 radical (unpaired) electrons. The number of H-pyrrole nitrogens is 1. The summed E-state index contributed by atoms with van der Waals surface area (Å²) in [7, 11) is -0.746. The molecule has 1 aromatic carbocycles. The molecule has 0 unspecified atom stereocenters. The van der Waals surface area contributed by atoms with Gasteiger partial charge in [-0.25, -0.2) is 8.42 Å². The van der Waals surface area contributed by atoms with Crippen molar-refractivity contribution >= 4 is 27.0 Å². The van der Waals surface area contributed by atoms with Gasteiger partial charge >= 0.3 is 0 Å². The minimum Gasteiger partial charge on any atom is -0.497 e. The Kier molecular flexibility index (Phi) is 4.92.